The summed E-state index contributed by atoms with van der Waals surface area (Å²) in [6, 6.07) is 7.93. The number of hydrogen-bond donors (Lipinski definition) is 1. The summed E-state index contributed by atoms with van der Waals surface area (Å²) in [6.07, 6.45) is 4.66. The van der Waals surface area contributed by atoms with Crippen LogP contribution >= 0.6 is 0 Å². The van der Waals surface area contributed by atoms with Crippen LogP contribution in [-0.4, -0.2) is 30.6 Å². The molecule has 0 unspecified atom stereocenters. The molecule has 0 fully saturated rings. The average molecular weight is 420 g/mol. The third kappa shape index (κ3) is 4.20. The summed E-state index contributed by atoms with van der Waals surface area (Å²) in [6.45, 7) is 7.62. The summed E-state index contributed by atoms with van der Waals surface area (Å²) in [7, 11) is 0. The first-order valence-electron chi connectivity index (χ1n) is 9.64. The van der Waals surface area contributed by atoms with Crippen molar-refractivity contribution in [3.05, 3.63) is 72.0 Å². The Morgan fingerprint density at radius 1 is 1.19 bits per heavy atom. The number of carbonyl (C=O) groups excluding carboxylic acids is 1. The van der Waals surface area contributed by atoms with E-state index in [1.54, 1.807) is 36.0 Å². The molecule has 0 bridgehead atoms. The van der Waals surface area contributed by atoms with Gasteiger partial charge in [0.05, 0.1) is 5.56 Å². The predicted octanol–water partition coefficient (Wildman–Crippen LogP) is 4.31. The van der Waals surface area contributed by atoms with Crippen LogP contribution in [0.2, 0.25) is 0 Å². The Balaban J connectivity index is 1.61. The molecule has 31 heavy (non-hydrogen) atoms. The lowest BCUT2D eigenvalue weighted by atomic mass is 9.96. The Labute approximate surface area is 178 Å². The van der Waals surface area contributed by atoms with Crippen LogP contribution in [0.15, 0.2) is 53.6 Å². The Bertz CT molecular complexity index is 1250. The Kier molecular flexibility index (Phi) is 5.10. The van der Waals surface area contributed by atoms with E-state index in [0.717, 1.165) is 0 Å². The largest absolute Gasteiger partial charge is 0.334 e. The van der Waals surface area contributed by atoms with Crippen molar-refractivity contribution in [2.24, 2.45) is 0 Å². The molecule has 3 aromatic heterocycles. The van der Waals surface area contributed by atoms with E-state index in [1.165, 1.54) is 18.5 Å². The van der Waals surface area contributed by atoms with Gasteiger partial charge in [0.2, 0.25) is 0 Å². The Morgan fingerprint density at radius 2 is 2.00 bits per heavy atom. The number of nitrogens with one attached hydrogen (secondary N) is 1. The van der Waals surface area contributed by atoms with Crippen LogP contribution in [0.5, 0.6) is 0 Å². The Hall–Kier alpha value is -3.88. The number of carbonyl (C=O) groups is 1. The van der Waals surface area contributed by atoms with Crippen LogP contribution in [0.4, 0.5) is 10.1 Å². The van der Waals surface area contributed by atoms with E-state index in [9.17, 15) is 9.18 Å². The minimum absolute atomic E-state index is 0.180. The van der Waals surface area contributed by atoms with Crippen molar-refractivity contribution in [1.82, 2.24) is 24.7 Å². The number of nitrogens with zero attached hydrogens (tertiary/aromatic N) is 5. The third-order valence-corrected chi connectivity index (χ3v) is 4.59. The molecule has 9 heteroatoms. The quantitative estimate of drug-likeness (QED) is 0.528. The van der Waals surface area contributed by atoms with E-state index >= 15 is 0 Å². The van der Waals surface area contributed by atoms with Crippen molar-refractivity contribution in [2.45, 2.75) is 33.1 Å². The molecule has 0 saturated carbocycles. The van der Waals surface area contributed by atoms with Crippen LogP contribution in [0.25, 0.3) is 17.3 Å². The van der Waals surface area contributed by atoms with Gasteiger partial charge in [-0.3, -0.25) is 9.36 Å². The number of amides is 1. The van der Waals surface area contributed by atoms with E-state index in [-0.39, 0.29) is 16.9 Å². The number of hydrogen-bond acceptors (Lipinski definition) is 6. The first-order chi connectivity index (χ1) is 14.7. The van der Waals surface area contributed by atoms with Crippen LogP contribution in [0.3, 0.4) is 0 Å². The molecule has 4 rings (SSSR count). The SMILES string of the molecule is Cc1cc(NC(=O)c2cn(-c3ncccc3-c3nc(C(C)(C)C)no3)cn2)ccc1F. The average Bonchev–Trinajstić information content (AvgIpc) is 3.40. The second-order valence-corrected chi connectivity index (χ2v) is 8.13. The van der Waals surface area contributed by atoms with Gasteiger partial charge in [-0.1, -0.05) is 25.9 Å². The third-order valence-electron chi connectivity index (χ3n) is 4.59. The van der Waals surface area contributed by atoms with Gasteiger partial charge in [0.1, 0.15) is 17.8 Å². The molecular formula is C22H21FN6O2. The molecule has 0 aliphatic rings. The summed E-state index contributed by atoms with van der Waals surface area (Å²) in [4.78, 5) is 25.6. The van der Waals surface area contributed by atoms with Crippen molar-refractivity contribution < 1.29 is 13.7 Å². The molecule has 158 valence electrons. The highest BCUT2D eigenvalue weighted by Crippen LogP contribution is 2.27. The molecule has 1 amide bonds. The van der Waals surface area contributed by atoms with E-state index < -0.39 is 5.91 Å². The first-order valence-corrected chi connectivity index (χ1v) is 9.64. The molecule has 4 aromatic rings. The van der Waals surface area contributed by atoms with Gasteiger partial charge in [0.15, 0.2) is 11.6 Å². The maximum absolute atomic E-state index is 13.4. The van der Waals surface area contributed by atoms with Gasteiger partial charge in [0.25, 0.3) is 11.8 Å². The molecule has 0 radical (unpaired) electrons. The topological polar surface area (TPSA) is 98.7 Å². The number of imidazole rings is 1. The highest BCUT2D eigenvalue weighted by molar-refractivity contribution is 6.02. The molecule has 0 spiro atoms. The predicted molar refractivity (Wildman–Crippen MR) is 112 cm³/mol. The van der Waals surface area contributed by atoms with Gasteiger partial charge in [-0.15, -0.1) is 0 Å². The molecular weight excluding hydrogens is 399 g/mol. The maximum Gasteiger partial charge on any atom is 0.275 e. The number of anilines is 1. The molecule has 0 atom stereocenters. The molecule has 8 nitrogen and oxygen atoms in total. The fourth-order valence-electron chi connectivity index (χ4n) is 2.88. The fraction of sp³-hybridized carbons (Fsp3) is 0.227. The minimum atomic E-state index is -0.421. The number of aryl methyl sites for hydroxylation is 1. The molecule has 3 heterocycles. The van der Waals surface area contributed by atoms with E-state index in [4.69, 9.17) is 4.52 Å². The lowest BCUT2D eigenvalue weighted by molar-refractivity contribution is 0.102. The smallest absolute Gasteiger partial charge is 0.275 e. The lowest BCUT2D eigenvalue weighted by Crippen LogP contribution is -2.13. The van der Waals surface area contributed by atoms with E-state index in [2.05, 4.69) is 25.4 Å². The van der Waals surface area contributed by atoms with Crippen molar-refractivity contribution in [3.63, 3.8) is 0 Å². The number of benzene rings is 1. The van der Waals surface area contributed by atoms with Gasteiger partial charge in [-0.2, -0.15) is 4.98 Å². The zero-order valence-corrected chi connectivity index (χ0v) is 17.5. The monoisotopic (exact) mass is 420 g/mol. The number of halogens is 1. The zero-order chi connectivity index (χ0) is 22.2. The molecule has 0 saturated heterocycles. The van der Waals surface area contributed by atoms with Crippen LogP contribution in [-0.2, 0) is 5.41 Å². The standard InChI is InChI=1S/C22H21FN6O2/c1-13-10-14(7-8-16(13)23)26-19(30)17-11-29(12-25-17)18-15(6-5-9-24-18)20-27-21(28-31-20)22(2,3)4/h5-12H,1-4H3,(H,26,30). The van der Waals surface area contributed by atoms with Gasteiger partial charge in [-0.05, 0) is 42.8 Å². The molecule has 1 N–H and O–H groups in total. The summed E-state index contributed by atoms with van der Waals surface area (Å²) < 4.78 is 20.5. The van der Waals surface area contributed by atoms with Crippen LogP contribution in [0, 0.1) is 12.7 Å². The first kappa shape index (κ1) is 20.4. The normalized spacial score (nSPS) is 11.5. The number of rotatable bonds is 4. The van der Waals surface area contributed by atoms with Crippen LogP contribution < -0.4 is 5.32 Å². The number of pyridine rings is 1. The van der Waals surface area contributed by atoms with Gasteiger partial charge in [-0.25, -0.2) is 14.4 Å². The fourth-order valence-corrected chi connectivity index (χ4v) is 2.88. The number of aromatic nitrogens is 5. The molecule has 0 aliphatic heterocycles. The van der Waals surface area contributed by atoms with Gasteiger partial charge < -0.3 is 9.84 Å². The van der Waals surface area contributed by atoms with Crippen LogP contribution in [0.1, 0.15) is 42.6 Å². The van der Waals surface area contributed by atoms with E-state index in [1.807, 2.05) is 26.8 Å². The van der Waals surface area contributed by atoms with Crippen molar-refractivity contribution >= 4 is 11.6 Å². The summed E-state index contributed by atoms with van der Waals surface area (Å²) >= 11 is 0. The van der Waals surface area contributed by atoms with Crippen molar-refractivity contribution in [2.75, 3.05) is 5.32 Å². The molecule has 1 aromatic carbocycles. The van der Waals surface area contributed by atoms with Crippen molar-refractivity contribution in [3.8, 4) is 17.3 Å². The highest BCUT2D eigenvalue weighted by Gasteiger charge is 2.23. The van der Waals surface area contributed by atoms with Gasteiger partial charge in [0, 0.05) is 23.5 Å². The second kappa shape index (κ2) is 7.75. The maximum atomic E-state index is 13.4. The summed E-state index contributed by atoms with van der Waals surface area (Å²) in [5.74, 6) is 0.651. The van der Waals surface area contributed by atoms with E-state index in [0.29, 0.717) is 34.3 Å². The Morgan fingerprint density at radius 3 is 2.71 bits per heavy atom. The minimum Gasteiger partial charge on any atom is -0.334 e. The summed E-state index contributed by atoms with van der Waals surface area (Å²) in [5.41, 5.74) is 1.46. The zero-order valence-electron chi connectivity index (χ0n) is 17.5. The van der Waals surface area contributed by atoms with Gasteiger partial charge >= 0.3 is 0 Å². The second-order valence-electron chi connectivity index (χ2n) is 8.13. The highest BCUT2D eigenvalue weighted by atomic mass is 19.1. The molecule has 0 aliphatic carbocycles. The lowest BCUT2D eigenvalue weighted by Gasteiger charge is -2.11. The summed E-state index contributed by atoms with van der Waals surface area (Å²) in [5, 5.41) is 6.78. The van der Waals surface area contributed by atoms with Crippen molar-refractivity contribution in [1.29, 1.82) is 0 Å².